The summed E-state index contributed by atoms with van der Waals surface area (Å²) in [5.41, 5.74) is 0.822. The highest BCUT2D eigenvalue weighted by atomic mass is 19.1. The predicted molar refractivity (Wildman–Crippen MR) is 62.2 cm³/mol. The third-order valence-electron chi connectivity index (χ3n) is 2.64. The highest BCUT2D eigenvalue weighted by molar-refractivity contribution is 6.62. The second-order valence-corrected chi connectivity index (χ2v) is 4.96. The first-order valence-electron chi connectivity index (χ1n) is 5.45. The van der Waals surface area contributed by atoms with Gasteiger partial charge in [0.1, 0.15) is 5.82 Å². The third-order valence-corrected chi connectivity index (χ3v) is 2.64. The second kappa shape index (κ2) is 4.48. The lowest BCUT2D eigenvalue weighted by Gasteiger charge is -2.33. The van der Waals surface area contributed by atoms with Crippen molar-refractivity contribution in [2.75, 3.05) is 13.2 Å². The number of rotatable bonds is 1. The van der Waals surface area contributed by atoms with E-state index >= 15 is 0 Å². The van der Waals surface area contributed by atoms with Crippen molar-refractivity contribution >= 4 is 12.6 Å². The fourth-order valence-electron chi connectivity index (χ4n) is 1.70. The molecule has 3 nitrogen and oxygen atoms in total. The molecule has 0 aromatic heterocycles. The van der Waals surface area contributed by atoms with E-state index in [0.717, 1.165) is 0 Å². The minimum absolute atomic E-state index is 0.0245. The maximum atomic E-state index is 13.0. The summed E-state index contributed by atoms with van der Waals surface area (Å²) in [4.78, 5) is 0. The Morgan fingerprint density at radius 2 is 2.00 bits per heavy atom. The van der Waals surface area contributed by atoms with E-state index in [2.05, 4.69) is 0 Å². The lowest BCUT2D eigenvalue weighted by Crippen LogP contribution is -2.48. The van der Waals surface area contributed by atoms with Crippen LogP contribution in [0.1, 0.15) is 19.4 Å². The molecule has 0 unspecified atom stereocenters. The molecule has 0 atom stereocenters. The summed E-state index contributed by atoms with van der Waals surface area (Å²) in [5, 5.41) is 8.95. The van der Waals surface area contributed by atoms with Crippen LogP contribution in [0.2, 0.25) is 0 Å². The Morgan fingerprint density at radius 1 is 1.35 bits per heavy atom. The Labute approximate surface area is 100 Å². The van der Waals surface area contributed by atoms with Gasteiger partial charge in [0.25, 0.3) is 0 Å². The Bertz CT molecular complexity index is 460. The molecule has 1 fully saturated rings. The van der Waals surface area contributed by atoms with E-state index in [1.807, 2.05) is 19.9 Å². The molecular formula is C12H13BFNO2. The Balaban J connectivity index is 2.22. The lowest BCUT2D eigenvalue weighted by molar-refractivity contribution is 0.0343. The fourth-order valence-corrected chi connectivity index (χ4v) is 1.70. The van der Waals surface area contributed by atoms with E-state index in [0.29, 0.717) is 18.7 Å². The van der Waals surface area contributed by atoms with Crippen LogP contribution in [0.25, 0.3) is 0 Å². The van der Waals surface area contributed by atoms with Crippen molar-refractivity contribution in [1.82, 2.24) is 0 Å². The molecule has 0 amide bonds. The number of benzene rings is 1. The van der Waals surface area contributed by atoms with Crippen molar-refractivity contribution in [1.29, 1.82) is 5.26 Å². The van der Waals surface area contributed by atoms with Crippen molar-refractivity contribution in [2.24, 2.45) is 5.41 Å². The maximum absolute atomic E-state index is 13.0. The molecule has 1 aliphatic rings. The van der Waals surface area contributed by atoms with Crippen LogP contribution in [0.5, 0.6) is 0 Å². The Kier molecular flexibility index (Phi) is 3.18. The van der Waals surface area contributed by atoms with Crippen LogP contribution in [0.15, 0.2) is 18.2 Å². The average molecular weight is 233 g/mol. The largest absolute Gasteiger partial charge is 0.495 e. The number of halogens is 1. The molecule has 0 saturated carbocycles. The van der Waals surface area contributed by atoms with Gasteiger partial charge in [0, 0.05) is 24.1 Å². The van der Waals surface area contributed by atoms with E-state index in [1.54, 1.807) is 0 Å². The van der Waals surface area contributed by atoms with Gasteiger partial charge < -0.3 is 9.31 Å². The van der Waals surface area contributed by atoms with Crippen LogP contribution in [-0.2, 0) is 9.31 Å². The molecule has 0 spiro atoms. The topological polar surface area (TPSA) is 42.2 Å². The average Bonchev–Trinajstić information content (AvgIpc) is 2.29. The van der Waals surface area contributed by atoms with Gasteiger partial charge in [-0.2, -0.15) is 5.26 Å². The Morgan fingerprint density at radius 3 is 2.59 bits per heavy atom. The summed E-state index contributed by atoms with van der Waals surface area (Å²) < 4.78 is 24.1. The molecule has 17 heavy (non-hydrogen) atoms. The van der Waals surface area contributed by atoms with Crippen LogP contribution in [0.3, 0.4) is 0 Å². The van der Waals surface area contributed by atoms with E-state index in [-0.39, 0.29) is 11.0 Å². The van der Waals surface area contributed by atoms with Crippen molar-refractivity contribution in [3.63, 3.8) is 0 Å². The van der Waals surface area contributed by atoms with Crippen LogP contribution in [0, 0.1) is 22.6 Å². The molecule has 0 radical (unpaired) electrons. The van der Waals surface area contributed by atoms with Gasteiger partial charge >= 0.3 is 7.12 Å². The number of nitrogens with zero attached hydrogens (tertiary/aromatic N) is 1. The molecule has 1 aromatic rings. The zero-order valence-electron chi connectivity index (χ0n) is 9.87. The molecular weight excluding hydrogens is 220 g/mol. The van der Waals surface area contributed by atoms with Gasteiger partial charge in [-0.15, -0.1) is 0 Å². The summed E-state index contributed by atoms with van der Waals surface area (Å²) in [6.07, 6.45) is 0. The van der Waals surface area contributed by atoms with Crippen LogP contribution >= 0.6 is 0 Å². The van der Waals surface area contributed by atoms with E-state index < -0.39 is 12.9 Å². The summed E-state index contributed by atoms with van der Waals surface area (Å²) >= 11 is 0. The van der Waals surface area contributed by atoms with Gasteiger partial charge in [-0.3, -0.25) is 0 Å². The zero-order valence-corrected chi connectivity index (χ0v) is 9.87. The van der Waals surface area contributed by atoms with Crippen LogP contribution < -0.4 is 5.46 Å². The number of hydrogen-bond donors (Lipinski definition) is 0. The van der Waals surface area contributed by atoms with Gasteiger partial charge in [-0.05, 0) is 12.1 Å². The second-order valence-electron chi connectivity index (χ2n) is 4.96. The number of nitriles is 1. The first kappa shape index (κ1) is 12.1. The molecule has 88 valence electrons. The summed E-state index contributed by atoms with van der Waals surface area (Å²) in [6.45, 7) is 5.19. The van der Waals surface area contributed by atoms with Crippen molar-refractivity contribution < 1.29 is 13.7 Å². The standard InChI is InChI=1S/C12H13BFNO2/c1-12(2)7-16-13(17-8-12)11-4-3-10(14)5-9(11)6-15/h3-5H,7-8H2,1-2H3. The summed E-state index contributed by atoms with van der Waals surface area (Å²) in [6, 6.07) is 6.00. The number of hydrogen-bond acceptors (Lipinski definition) is 3. The predicted octanol–water partition coefficient (Wildman–Crippen LogP) is 1.47. The van der Waals surface area contributed by atoms with E-state index in [4.69, 9.17) is 14.6 Å². The van der Waals surface area contributed by atoms with Crippen molar-refractivity contribution in [3.8, 4) is 6.07 Å². The van der Waals surface area contributed by atoms with Gasteiger partial charge in [0.2, 0.25) is 0 Å². The van der Waals surface area contributed by atoms with Gasteiger partial charge in [0.15, 0.2) is 0 Å². The van der Waals surface area contributed by atoms with E-state index in [9.17, 15) is 4.39 Å². The van der Waals surface area contributed by atoms with Crippen molar-refractivity contribution in [3.05, 3.63) is 29.6 Å². The molecule has 2 rings (SSSR count). The minimum Gasteiger partial charge on any atom is -0.407 e. The lowest BCUT2D eigenvalue weighted by atomic mass is 9.73. The molecule has 0 aliphatic carbocycles. The monoisotopic (exact) mass is 233 g/mol. The molecule has 1 aliphatic heterocycles. The molecule has 1 saturated heterocycles. The molecule has 5 heteroatoms. The van der Waals surface area contributed by atoms with Crippen LogP contribution in [-0.4, -0.2) is 20.3 Å². The normalized spacial score (nSPS) is 18.8. The first-order chi connectivity index (χ1) is 8.02. The first-order valence-corrected chi connectivity index (χ1v) is 5.45. The third kappa shape index (κ3) is 2.66. The van der Waals surface area contributed by atoms with Gasteiger partial charge in [0.05, 0.1) is 11.6 Å². The maximum Gasteiger partial charge on any atom is 0.495 e. The fraction of sp³-hybridized carbons (Fsp3) is 0.417. The van der Waals surface area contributed by atoms with Gasteiger partial charge in [-0.1, -0.05) is 19.9 Å². The SMILES string of the molecule is CC1(C)COB(c2ccc(F)cc2C#N)OC1. The smallest absolute Gasteiger partial charge is 0.407 e. The van der Waals surface area contributed by atoms with E-state index in [1.165, 1.54) is 18.2 Å². The molecule has 1 heterocycles. The van der Waals surface area contributed by atoms with Crippen molar-refractivity contribution in [2.45, 2.75) is 13.8 Å². The Hall–Kier alpha value is -1.38. The molecule has 0 N–H and O–H groups in total. The zero-order chi connectivity index (χ0) is 12.5. The highest BCUT2D eigenvalue weighted by Gasteiger charge is 2.34. The molecule has 1 aromatic carbocycles. The molecule has 0 bridgehead atoms. The minimum atomic E-state index is -0.571. The van der Waals surface area contributed by atoms with Crippen LogP contribution in [0.4, 0.5) is 4.39 Å². The summed E-state index contributed by atoms with van der Waals surface area (Å²) in [5.74, 6) is -0.429. The highest BCUT2D eigenvalue weighted by Crippen LogP contribution is 2.21. The quantitative estimate of drug-likeness (QED) is 0.689. The summed E-state index contributed by atoms with van der Waals surface area (Å²) in [7, 11) is -0.571. The van der Waals surface area contributed by atoms with Gasteiger partial charge in [-0.25, -0.2) is 4.39 Å².